The molecule has 82 valence electrons. The second-order valence-electron chi connectivity index (χ2n) is 4.35. The van der Waals surface area contributed by atoms with Gasteiger partial charge >= 0.3 is 0 Å². The minimum Gasteiger partial charge on any atom is -0.394 e. The first-order chi connectivity index (χ1) is 6.73. The molecule has 2 atom stereocenters. The van der Waals surface area contributed by atoms with E-state index in [-0.39, 0.29) is 12.2 Å². The Morgan fingerprint density at radius 1 is 1.57 bits per heavy atom. The molecule has 0 spiro atoms. The lowest BCUT2D eigenvalue weighted by Crippen LogP contribution is -2.41. The number of ether oxygens (including phenoxy) is 1. The average molecular weight is 198 g/mol. The Balaban J connectivity index is 2.53. The summed E-state index contributed by atoms with van der Waals surface area (Å²) in [6.07, 6.45) is 7.91. The predicted octanol–water partition coefficient (Wildman–Crippen LogP) is 2.52. The van der Waals surface area contributed by atoms with Gasteiger partial charge in [-0.2, -0.15) is 0 Å². The fourth-order valence-corrected chi connectivity index (χ4v) is 2.41. The summed E-state index contributed by atoms with van der Waals surface area (Å²) in [7, 11) is 0. The zero-order valence-electron chi connectivity index (χ0n) is 9.17. The Kier molecular flexibility index (Phi) is 4.63. The molecule has 1 N–H and O–H groups in total. The van der Waals surface area contributed by atoms with Gasteiger partial charge in [0.25, 0.3) is 0 Å². The maximum atomic E-state index is 8.78. The van der Waals surface area contributed by atoms with E-state index < -0.39 is 0 Å². The summed E-state index contributed by atoms with van der Waals surface area (Å²) in [5.74, 6) is 0.584. The average Bonchev–Trinajstić information content (AvgIpc) is 2.19. The van der Waals surface area contributed by atoms with Gasteiger partial charge in [0, 0.05) is 0 Å². The van der Waals surface area contributed by atoms with Gasteiger partial charge in [-0.3, -0.25) is 0 Å². The van der Waals surface area contributed by atoms with Crippen LogP contribution in [0.2, 0.25) is 0 Å². The van der Waals surface area contributed by atoms with Crippen molar-refractivity contribution in [1.82, 2.24) is 0 Å². The van der Waals surface area contributed by atoms with Gasteiger partial charge in [0.1, 0.15) is 0 Å². The van der Waals surface area contributed by atoms with E-state index in [4.69, 9.17) is 9.84 Å². The molecule has 1 rings (SSSR count). The summed E-state index contributed by atoms with van der Waals surface area (Å²) in [6.45, 7) is 6.56. The summed E-state index contributed by atoms with van der Waals surface area (Å²) in [4.78, 5) is 0. The van der Waals surface area contributed by atoms with Gasteiger partial charge in [0.05, 0.1) is 18.8 Å². The lowest BCUT2D eigenvalue weighted by atomic mass is 9.75. The molecule has 1 fully saturated rings. The maximum Gasteiger partial charge on any atom is 0.0705 e. The van der Waals surface area contributed by atoms with Crippen LogP contribution in [0, 0.1) is 5.92 Å². The van der Waals surface area contributed by atoms with Gasteiger partial charge in [-0.05, 0) is 32.1 Å². The number of aliphatic hydroxyl groups is 1. The monoisotopic (exact) mass is 198 g/mol. The van der Waals surface area contributed by atoms with Crippen molar-refractivity contribution < 1.29 is 9.84 Å². The smallest absolute Gasteiger partial charge is 0.0705 e. The van der Waals surface area contributed by atoms with Crippen molar-refractivity contribution >= 4 is 0 Å². The van der Waals surface area contributed by atoms with E-state index in [2.05, 4.69) is 13.5 Å². The van der Waals surface area contributed by atoms with Gasteiger partial charge < -0.3 is 9.84 Å². The first-order valence-electron chi connectivity index (χ1n) is 5.58. The summed E-state index contributed by atoms with van der Waals surface area (Å²) < 4.78 is 5.79. The van der Waals surface area contributed by atoms with E-state index in [1.54, 1.807) is 0 Å². The van der Waals surface area contributed by atoms with Gasteiger partial charge in [0.15, 0.2) is 0 Å². The maximum absolute atomic E-state index is 8.78. The normalized spacial score (nSPS) is 32.9. The molecule has 14 heavy (non-hydrogen) atoms. The van der Waals surface area contributed by atoms with Crippen LogP contribution >= 0.6 is 0 Å². The second kappa shape index (κ2) is 5.52. The number of aliphatic hydroxyl groups excluding tert-OH is 1. The van der Waals surface area contributed by atoms with Crippen molar-refractivity contribution in [2.75, 3.05) is 13.2 Å². The van der Waals surface area contributed by atoms with Crippen LogP contribution in [-0.2, 0) is 4.74 Å². The number of hydrogen-bond acceptors (Lipinski definition) is 2. The molecule has 1 saturated carbocycles. The minimum absolute atomic E-state index is 0.0326. The van der Waals surface area contributed by atoms with Crippen molar-refractivity contribution in [3.05, 3.63) is 12.7 Å². The molecular formula is C12H22O2. The van der Waals surface area contributed by atoms with E-state index in [0.717, 1.165) is 12.8 Å². The number of allylic oxidation sites excluding steroid dienone is 1. The Labute approximate surface area is 87.0 Å². The van der Waals surface area contributed by atoms with Gasteiger partial charge in [-0.15, -0.1) is 6.58 Å². The third-order valence-electron chi connectivity index (χ3n) is 3.31. The molecule has 1 aliphatic carbocycles. The Hall–Kier alpha value is -0.340. The van der Waals surface area contributed by atoms with Crippen molar-refractivity contribution in [1.29, 1.82) is 0 Å². The Morgan fingerprint density at radius 2 is 2.36 bits per heavy atom. The Bertz CT molecular complexity index is 179. The van der Waals surface area contributed by atoms with Crippen LogP contribution in [0.1, 0.15) is 39.0 Å². The van der Waals surface area contributed by atoms with Crippen LogP contribution in [-0.4, -0.2) is 23.9 Å². The minimum atomic E-state index is -0.0326. The predicted molar refractivity (Wildman–Crippen MR) is 58.2 cm³/mol. The SMILES string of the molecule is C=CC[C@H]1CCCC[C@@]1(C)OCCO. The highest BCUT2D eigenvalue weighted by molar-refractivity contribution is 4.91. The highest BCUT2D eigenvalue weighted by atomic mass is 16.5. The summed E-state index contributed by atoms with van der Waals surface area (Å²) >= 11 is 0. The van der Waals surface area contributed by atoms with Gasteiger partial charge in [-0.25, -0.2) is 0 Å². The van der Waals surface area contributed by atoms with Crippen molar-refractivity contribution in [2.45, 2.75) is 44.6 Å². The van der Waals surface area contributed by atoms with Crippen LogP contribution < -0.4 is 0 Å². The van der Waals surface area contributed by atoms with Crippen LogP contribution in [0.15, 0.2) is 12.7 Å². The summed E-state index contributed by atoms with van der Waals surface area (Å²) in [6, 6.07) is 0. The Morgan fingerprint density at radius 3 is 3.00 bits per heavy atom. The van der Waals surface area contributed by atoms with E-state index >= 15 is 0 Å². The molecule has 0 radical (unpaired) electrons. The molecule has 0 heterocycles. The van der Waals surface area contributed by atoms with E-state index in [9.17, 15) is 0 Å². The first-order valence-corrected chi connectivity index (χ1v) is 5.58. The zero-order valence-corrected chi connectivity index (χ0v) is 9.17. The van der Waals surface area contributed by atoms with Crippen molar-refractivity contribution in [3.8, 4) is 0 Å². The van der Waals surface area contributed by atoms with E-state index in [1.807, 2.05) is 6.08 Å². The quantitative estimate of drug-likeness (QED) is 0.688. The molecule has 0 aromatic rings. The van der Waals surface area contributed by atoms with Crippen LogP contribution in [0.4, 0.5) is 0 Å². The molecule has 2 nitrogen and oxygen atoms in total. The standard InChI is InChI=1S/C12H22O2/c1-3-6-11-7-4-5-8-12(11,2)14-10-9-13/h3,11,13H,1,4-10H2,2H3/t11-,12+/m0/s1. The molecule has 0 aromatic heterocycles. The third-order valence-corrected chi connectivity index (χ3v) is 3.31. The molecular weight excluding hydrogens is 176 g/mol. The van der Waals surface area contributed by atoms with Crippen LogP contribution in [0.5, 0.6) is 0 Å². The topological polar surface area (TPSA) is 29.5 Å². The fourth-order valence-electron chi connectivity index (χ4n) is 2.41. The summed E-state index contributed by atoms with van der Waals surface area (Å²) in [5, 5.41) is 8.78. The first kappa shape index (κ1) is 11.7. The lowest BCUT2D eigenvalue weighted by Gasteiger charge is -2.41. The molecule has 0 bridgehead atoms. The largest absolute Gasteiger partial charge is 0.394 e. The lowest BCUT2D eigenvalue weighted by molar-refractivity contribution is -0.103. The molecule has 1 aliphatic rings. The zero-order chi connectivity index (χ0) is 10.4. The number of rotatable bonds is 5. The number of hydrogen-bond donors (Lipinski definition) is 1. The van der Waals surface area contributed by atoms with Crippen LogP contribution in [0.25, 0.3) is 0 Å². The molecule has 0 aromatic carbocycles. The molecule has 2 heteroatoms. The van der Waals surface area contributed by atoms with Crippen molar-refractivity contribution in [2.24, 2.45) is 5.92 Å². The highest BCUT2D eigenvalue weighted by Crippen LogP contribution is 2.38. The highest BCUT2D eigenvalue weighted by Gasteiger charge is 2.36. The molecule has 0 unspecified atom stereocenters. The fraction of sp³-hybridized carbons (Fsp3) is 0.833. The molecule has 0 saturated heterocycles. The second-order valence-corrected chi connectivity index (χ2v) is 4.35. The molecule has 0 aliphatic heterocycles. The third kappa shape index (κ3) is 2.82. The van der Waals surface area contributed by atoms with E-state index in [1.165, 1.54) is 19.3 Å². The van der Waals surface area contributed by atoms with Crippen LogP contribution in [0.3, 0.4) is 0 Å². The summed E-state index contributed by atoms with van der Waals surface area (Å²) in [5.41, 5.74) is -0.0326. The van der Waals surface area contributed by atoms with Crippen molar-refractivity contribution in [3.63, 3.8) is 0 Å². The van der Waals surface area contributed by atoms with Gasteiger partial charge in [-0.1, -0.05) is 18.9 Å². The van der Waals surface area contributed by atoms with Gasteiger partial charge in [0.2, 0.25) is 0 Å². The molecule has 0 amide bonds. The van der Waals surface area contributed by atoms with E-state index in [0.29, 0.717) is 12.5 Å².